The minimum atomic E-state index is -0.0110. The molecule has 0 bridgehead atoms. The van der Waals surface area contributed by atoms with Crippen molar-refractivity contribution in [2.24, 2.45) is 11.7 Å². The van der Waals surface area contributed by atoms with E-state index in [0.29, 0.717) is 6.54 Å². The van der Waals surface area contributed by atoms with Crippen molar-refractivity contribution < 1.29 is 4.79 Å². The van der Waals surface area contributed by atoms with Gasteiger partial charge in [-0.2, -0.15) is 0 Å². The number of rotatable bonds is 7. The summed E-state index contributed by atoms with van der Waals surface area (Å²) in [5.74, 6) is 0.103. The lowest BCUT2D eigenvalue weighted by Gasteiger charge is -2.15. The fourth-order valence-corrected chi connectivity index (χ4v) is 2.52. The molecule has 102 valence electrons. The smallest absolute Gasteiger partial charge is 0.223 e. The van der Waals surface area contributed by atoms with Gasteiger partial charge in [0.1, 0.15) is 5.01 Å². The highest BCUT2D eigenvalue weighted by atomic mass is 32.1. The second-order valence-corrected chi connectivity index (χ2v) is 5.73. The molecule has 0 fully saturated rings. The van der Waals surface area contributed by atoms with Crippen LogP contribution in [0.4, 0.5) is 0 Å². The number of carbonyl (C=O) groups excluding carboxylic acids is 1. The number of nitrogens with one attached hydrogen (secondary N) is 1. The molecule has 1 amide bonds. The quantitative estimate of drug-likeness (QED) is 0.798. The molecule has 2 unspecified atom stereocenters. The topological polar surface area (TPSA) is 68.0 Å². The molecular weight excluding hydrogens is 246 g/mol. The summed E-state index contributed by atoms with van der Waals surface area (Å²) in [7, 11) is 0. The Labute approximate surface area is 113 Å². The van der Waals surface area contributed by atoms with Gasteiger partial charge in [0, 0.05) is 17.0 Å². The first-order valence-electron chi connectivity index (χ1n) is 6.53. The van der Waals surface area contributed by atoms with E-state index in [0.717, 1.165) is 24.3 Å². The molecule has 1 aromatic rings. The molecule has 3 N–H and O–H groups in total. The lowest BCUT2D eigenvalue weighted by atomic mass is 10.0. The van der Waals surface area contributed by atoms with Crippen molar-refractivity contribution in [2.75, 3.05) is 6.54 Å². The highest BCUT2D eigenvalue weighted by Crippen LogP contribution is 2.20. The molecule has 4 nitrogen and oxygen atoms in total. The predicted octanol–water partition coefficient (Wildman–Crippen LogP) is 2.26. The van der Waals surface area contributed by atoms with Gasteiger partial charge in [0.2, 0.25) is 5.91 Å². The summed E-state index contributed by atoms with van der Waals surface area (Å²) in [4.78, 5) is 17.5. The van der Waals surface area contributed by atoms with Gasteiger partial charge in [0.15, 0.2) is 0 Å². The van der Waals surface area contributed by atoms with Gasteiger partial charge in [0.25, 0.3) is 0 Å². The Morgan fingerprint density at radius 3 is 2.83 bits per heavy atom. The summed E-state index contributed by atoms with van der Waals surface area (Å²) in [6, 6.07) is -0.0110. The Kier molecular flexibility index (Phi) is 6.29. The highest BCUT2D eigenvalue weighted by molar-refractivity contribution is 7.11. The molecule has 0 aliphatic heterocycles. The number of amides is 1. The molecule has 5 heteroatoms. The van der Waals surface area contributed by atoms with E-state index in [2.05, 4.69) is 17.2 Å². The monoisotopic (exact) mass is 269 g/mol. The van der Waals surface area contributed by atoms with Gasteiger partial charge < -0.3 is 11.1 Å². The lowest BCUT2D eigenvalue weighted by molar-refractivity contribution is -0.125. The average molecular weight is 269 g/mol. The molecule has 1 aromatic heterocycles. The van der Waals surface area contributed by atoms with Crippen molar-refractivity contribution >= 4 is 17.2 Å². The van der Waals surface area contributed by atoms with Crippen LogP contribution in [0.15, 0.2) is 6.20 Å². The summed E-state index contributed by atoms with van der Waals surface area (Å²) in [6.07, 6.45) is 4.61. The molecule has 1 rings (SSSR count). The van der Waals surface area contributed by atoms with Gasteiger partial charge in [-0.15, -0.1) is 11.3 Å². The molecule has 2 atom stereocenters. The van der Waals surface area contributed by atoms with Crippen LogP contribution >= 0.6 is 11.3 Å². The van der Waals surface area contributed by atoms with E-state index in [9.17, 15) is 4.79 Å². The molecule has 0 aliphatic carbocycles. The van der Waals surface area contributed by atoms with Gasteiger partial charge in [-0.3, -0.25) is 4.79 Å². The number of nitrogens with zero attached hydrogens (tertiary/aromatic N) is 1. The number of nitrogens with two attached hydrogens (primary N) is 1. The average Bonchev–Trinajstić information content (AvgIpc) is 2.84. The Hall–Kier alpha value is -0.940. The summed E-state index contributed by atoms with van der Waals surface area (Å²) >= 11 is 1.67. The summed E-state index contributed by atoms with van der Waals surface area (Å²) in [5, 5.41) is 3.99. The first kappa shape index (κ1) is 15.1. The maximum atomic E-state index is 11.9. The number of aryl methyl sites for hydroxylation is 1. The summed E-state index contributed by atoms with van der Waals surface area (Å²) < 4.78 is 0. The van der Waals surface area contributed by atoms with Crippen LogP contribution in [0.2, 0.25) is 0 Å². The van der Waals surface area contributed by atoms with Crippen molar-refractivity contribution in [3.63, 3.8) is 0 Å². The zero-order chi connectivity index (χ0) is 13.5. The van der Waals surface area contributed by atoms with Crippen molar-refractivity contribution in [1.82, 2.24) is 10.3 Å². The van der Waals surface area contributed by atoms with Crippen LogP contribution in [0, 0.1) is 5.92 Å². The standard InChI is InChI=1S/C13H23N3OS/c1-4-11-8-15-13(18-11)10(3)16-12(17)9(2)6-5-7-14/h8-10H,4-7,14H2,1-3H3,(H,16,17). The van der Waals surface area contributed by atoms with E-state index in [1.807, 2.05) is 20.0 Å². The third-order valence-electron chi connectivity index (χ3n) is 2.94. The second-order valence-electron chi connectivity index (χ2n) is 4.58. The normalized spacial score (nSPS) is 14.2. The minimum Gasteiger partial charge on any atom is -0.347 e. The van der Waals surface area contributed by atoms with E-state index < -0.39 is 0 Å². The van der Waals surface area contributed by atoms with Crippen LogP contribution in [0.1, 0.15) is 49.5 Å². The van der Waals surface area contributed by atoms with E-state index >= 15 is 0 Å². The lowest BCUT2D eigenvalue weighted by Crippen LogP contribution is -2.31. The number of hydrogen-bond donors (Lipinski definition) is 2. The van der Waals surface area contributed by atoms with Crippen LogP contribution in [0.5, 0.6) is 0 Å². The molecule has 0 spiro atoms. The van der Waals surface area contributed by atoms with Gasteiger partial charge in [-0.1, -0.05) is 13.8 Å². The van der Waals surface area contributed by atoms with Gasteiger partial charge in [0.05, 0.1) is 6.04 Å². The first-order chi connectivity index (χ1) is 8.58. The van der Waals surface area contributed by atoms with Crippen LogP contribution in [-0.4, -0.2) is 17.4 Å². The minimum absolute atomic E-state index is 0.0110. The first-order valence-corrected chi connectivity index (χ1v) is 7.35. The predicted molar refractivity (Wildman–Crippen MR) is 75.5 cm³/mol. The van der Waals surface area contributed by atoms with E-state index in [-0.39, 0.29) is 17.9 Å². The fourth-order valence-electron chi connectivity index (χ4n) is 1.66. The zero-order valence-corrected chi connectivity index (χ0v) is 12.2. The van der Waals surface area contributed by atoms with Gasteiger partial charge in [-0.25, -0.2) is 4.98 Å². The van der Waals surface area contributed by atoms with Crippen molar-refractivity contribution in [1.29, 1.82) is 0 Å². The number of thiazole rings is 1. The maximum Gasteiger partial charge on any atom is 0.223 e. The third kappa shape index (κ3) is 4.38. The van der Waals surface area contributed by atoms with Crippen molar-refractivity contribution in [2.45, 2.75) is 46.1 Å². The molecule has 18 heavy (non-hydrogen) atoms. The van der Waals surface area contributed by atoms with Crippen LogP contribution in [0.25, 0.3) is 0 Å². The number of aromatic nitrogens is 1. The third-order valence-corrected chi connectivity index (χ3v) is 4.26. The van der Waals surface area contributed by atoms with Crippen molar-refractivity contribution in [3.8, 4) is 0 Å². The SMILES string of the molecule is CCc1cnc(C(C)NC(=O)C(C)CCCN)s1. The Balaban J connectivity index is 2.48. The fraction of sp³-hybridized carbons (Fsp3) is 0.692. The molecule has 0 saturated carbocycles. The summed E-state index contributed by atoms with van der Waals surface area (Å²) in [6.45, 7) is 6.66. The number of carbonyl (C=O) groups is 1. The molecule has 0 radical (unpaired) electrons. The second kappa shape index (κ2) is 7.48. The molecule has 0 aliphatic rings. The zero-order valence-electron chi connectivity index (χ0n) is 11.4. The highest BCUT2D eigenvalue weighted by Gasteiger charge is 2.17. The summed E-state index contributed by atoms with van der Waals surface area (Å²) in [5.41, 5.74) is 5.45. The van der Waals surface area contributed by atoms with E-state index in [1.165, 1.54) is 4.88 Å². The number of hydrogen-bond acceptors (Lipinski definition) is 4. The molecule has 0 saturated heterocycles. The molecule has 0 aromatic carbocycles. The van der Waals surface area contributed by atoms with E-state index in [1.54, 1.807) is 11.3 Å². The Morgan fingerprint density at radius 1 is 1.56 bits per heavy atom. The van der Waals surface area contributed by atoms with E-state index in [4.69, 9.17) is 5.73 Å². The molecular formula is C13H23N3OS. The van der Waals surface area contributed by atoms with Crippen molar-refractivity contribution in [3.05, 3.63) is 16.1 Å². The molecule has 1 heterocycles. The van der Waals surface area contributed by atoms with Gasteiger partial charge >= 0.3 is 0 Å². The Morgan fingerprint density at radius 2 is 2.28 bits per heavy atom. The maximum absolute atomic E-state index is 11.9. The Bertz CT molecular complexity index is 378. The van der Waals surface area contributed by atoms with Crippen LogP contribution in [0.3, 0.4) is 0 Å². The van der Waals surface area contributed by atoms with Gasteiger partial charge in [-0.05, 0) is 32.7 Å². The largest absolute Gasteiger partial charge is 0.347 e. The van der Waals surface area contributed by atoms with Crippen LogP contribution in [-0.2, 0) is 11.2 Å². The van der Waals surface area contributed by atoms with Crippen LogP contribution < -0.4 is 11.1 Å².